The molecule has 1 heterocycles. The summed E-state index contributed by atoms with van der Waals surface area (Å²) in [6.45, 7) is 4.54. The molecule has 27 heavy (non-hydrogen) atoms. The van der Waals surface area contributed by atoms with Crippen molar-refractivity contribution in [1.29, 1.82) is 0 Å². The predicted molar refractivity (Wildman–Crippen MR) is 107 cm³/mol. The van der Waals surface area contributed by atoms with Crippen molar-refractivity contribution < 1.29 is 9.59 Å². The highest BCUT2D eigenvalue weighted by Crippen LogP contribution is 2.11. The quantitative estimate of drug-likeness (QED) is 0.691. The molecule has 0 aliphatic carbocycles. The first-order chi connectivity index (χ1) is 13.0. The van der Waals surface area contributed by atoms with E-state index in [0.717, 1.165) is 18.5 Å². The van der Waals surface area contributed by atoms with Gasteiger partial charge in [-0.25, -0.2) is 0 Å². The summed E-state index contributed by atoms with van der Waals surface area (Å²) in [5.41, 5.74) is 1.89. The summed E-state index contributed by atoms with van der Waals surface area (Å²) >= 11 is 0. The van der Waals surface area contributed by atoms with Crippen molar-refractivity contribution in [1.82, 2.24) is 20.1 Å². The Labute approximate surface area is 161 Å². The number of carbonyl (C=O) groups is 2. The maximum absolute atomic E-state index is 12.8. The highest BCUT2D eigenvalue weighted by atomic mass is 16.2. The van der Waals surface area contributed by atoms with Crippen molar-refractivity contribution in [2.75, 3.05) is 33.7 Å². The number of hydrogen-bond acceptors (Lipinski definition) is 4. The molecule has 6 heteroatoms. The molecule has 0 unspecified atom stereocenters. The SMILES string of the molecule is CCN(Cc1ccccc1)C(=O)c1cncc(C(=O)NCCCN(C)C)c1. The van der Waals surface area contributed by atoms with Crippen LogP contribution in [0.2, 0.25) is 0 Å². The highest BCUT2D eigenvalue weighted by Gasteiger charge is 2.17. The number of nitrogens with zero attached hydrogens (tertiary/aromatic N) is 3. The third-order valence-corrected chi connectivity index (χ3v) is 4.20. The van der Waals surface area contributed by atoms with Gasteiger partial charge in [0.2, 0.25) is 0 Å². The Morgan fingerprint density at radius 2 is 1.78 bits per heavy atom. The van der Waals surface area contributed by atoms with Crippen LogP contribution in [0.4, 0.5) is 0 Å². The second kappa shape index (κ2) is 10.4. The third kappa shape index (κ3) is 6.49. The van der Waals surface area contributed by atoms with Crippen LogP contribution in [0.25, 0.3) is 0 Å². The normalized spacial score (nSPS) is 10.7. The van der Waals surface area contributed by atoms with Crippen molar-refractivity contribution in [3.63, 3.8) is 0 Å². The van der Waals surface area contributed by atoms with Crippen molar-refractivity contribution in [2.24, 2.45) is 0 Å². The molecule has 0 saturated carbocycles. The molecule has 2 rings (SSSR count). The Kier molecular flexibility index (Phi) is 7.95. The van der Waals surface area contributed by atoms with Gasteiger partial charge in [0, 0.05) is 32.0 Å². The second-order valence-corrected chi connectivity index (χ2v) is 6.68. The Balaban J connectivity index is 2.01. The summed E-state index contributed by atoms with van der Waals surface area (Å²) in [5, 5.41) is 2.87. The molecule has 0 radical (unpaired) electrons. The fourth-order valence-electron chi connectivity index (χ4n) is 2.69. The van der Waals surface area contributed by atoms with Gasteiger partial charge in [-0.3, -0.25) is 14.6 Å². The van der Waals surface area contributed by atoms with Crippen LogP contribution < -0.4 is 5.32 Å². The maximum Gasteiger partial charge on any atom is 0.255 e. The summed E-state index contributed by atoms with van der Waals surface area (Å²) in [5.74, 6) is -0.335. The topological polar surface area (TPSA) is 65.5 Å². The van der Waals surface area contributed by atoms with Crippen molar-refractivity contribution >= 4 is 11.8 Å². The minimum atomic E-state index is -0.206. The van der Waals surface area contributed by atoms with E-state index in [0.29, 0.717) is 30.8 Å². The number of aromatic nitrogens is 1. The van der Waals surface area contributed by atoms with Crippen LogP contribution >= 0.6 is 0 Å². The molecule has 1 aromatic carbocycles. The molecule has 0 aliphatic rings. The van der Waals surface area contributed by atoms with Crippen LogP contribution in [-0.2, 0) is 6.54 Å². The van der Waals surface area contributed by atoms with Gasteiger partial charge in [-0.2, -0.15) is 0 Å². The zero-order valence-electron chi connectivity index (χ0n) is 16.3. The first-order valence-electron chi connectivity index (χ1n) is 9.22. The lowest BCUT2D eigenvalue weighted by Gasteiger charge is -2.21. The molecule has 0 saturated heterocycles. The van der Waals surface area contributed by atoms with Crippen LogP contribution in [0.15, 0.2) is 48.8 Å². The van der Waals surface area contributed by atoms with Gasteiger partial charge in [0.05, 0.1) is 11.1 Å². The number of benzene rings is 1. The Morgan fingerprint density at radius 1 is 1.07 bits per heavy atom. The molecular weight excluding hydrogens is 340 g/mol. The smallest absolute Gasteiger partial charge is 0.255 e. The van der Waals surface area contributed by atoms with E-state index in [9.17, 15) is 9.59 Å². The molecule has 0 atom stereocenters. The highest BCUT2D eigenvalue weighted by molar-refractivity contribution is 5.99. The third-order valence-electron chi connectivity index (χ3n) is 4.20. The molecular formula is C21H28N4O2. The average molecular weight is 368 g/mol. The van der Waals surface area contributed by atoms with Crippen molar-refractivity contribution in [3.05, 3.63) is 65.5 Å². The van der Waals surface area contributed by atoms with E-state index in [1.165, 1.54) is 12.4 Å². The zero-order valence-corrected chi connectivity index (χ0v) is 16.3. The van der Waals surface area contributed by atoms with Crippen LogP contribution in [-0.4, -0.2) is 60.3 Å². The fourth-order valence-corrected chi connectivity index (χ4v) is 2.69. The number of nitrogens with one attached hydrogen (secondary N) is 1. The molecule has 0 bridgehead atoms. The maximum atomic E-state index is 12.8. The van der Waals surface area contributed by atoms with Crippen LogP contribution in [0.1, 0.15) is 39.6 Å². The van der Waals surface area contributed by atoms with E-state index in [-0.39, 0.29) is 11.8 Å². The van der Waals surface area contributed by atoms with E-state index < -0.39 is 0 Å². The van der Waals surface area contributed by atoms with Gasteiger partial charge in [0.15, 0.2) is 0 Å². The molecule has 1 aromatic heterocycles. The molecule has 2 amide bonds. The van der Waals surface area contributed by atoms with Crippen LogP contribution in [0.3, 0.4) is 0 Å². The largest absolute Gasteiger partial charge is 0.352 e. The van der Waals surface area contributed by atoms with Gasteiger partial charge in [0.25, 0.3) is 11.8 Å². The van der Waals surface area contributed by atoms with Gasteiger partial charge in [-0.15, -0.1) is 0 Å². The predicted octanol–water partition coefficient (Wildman–Crippen LogP) is 2.43. The van der Waals surface area contributed by atoms with Crippen molar-refractivity contribution in [2.45, 2.75) is 19.9 Å². The summed E-state index contributed by atoms with van der Waals surface area (Å²) in [7, 11) is 3.99. The Hall–Kier alpha value is -2.73. The van der Waals surface area contributed by atoms with Gasteiger partial charge < -0.3 is 15.1 Å². The lowest BCUT2D eigenvalue weighted by atomic mass is 10.1. The fraction of sp³-hybridized carbons (Fsp3) is 0.381. The molecule has 0 spiro atoms. The molecule has 0 fully saturated rings. The second-order valence-electron chi connectivity index (χ2n) is 6.68. The van der Waals surface area contributed by atoms with Crippen LogP contribution in [0, 0.1) is 0 Å². The summed E-state index contributed by atoms with van der Waals surface area (Å²) in [6, 6.07) is 11.5. The standard InChI is InChI=1S/C21H28N4O2/c1-4-25(16-17-9-6-5-7-10-17)21(27)19-13-18(14-22-15-19)20(26)23-11-8-12-24(2)3/h5-7,9-10,13-15H,4,8,11-12,16H2,1-3H3,(H,23,26). The first kappa shape index (κ1) is 20.6. The molecule has 0 aliphatic heterocycles. The van der Waals surface area contributed by atoms with Gasteiger partial charge >= 0.3 is 0 Å². The van der Waals surface area contributed by atoms with Crippen LogP contribution in [0.5, 0.6) is 0 Å². The number of rotatable bonds is 9. The Bertz CT molecular complexity index is 747. The van der Waals surface area contributed by atoms with E-state index >= 15 is 0 Å². The van der Waals surface area contributed by atoms with Gasteiger partial charge in [0.1, 0.15) is 0 Å². The minimum absolute atomic E-state index is 0.129. The monoisotopic (exact) mass is 368 g/mol. The van der Waals surface area contributed by atoms with Gasteiger partial charge in [-0.05, 0) is 45.6 Å². The number of amides is 2. The van der Waals surface area contributed by atoms with E-state index in [1.807, 2.05) is 51.4 Å². The minimum Gasteiger partial charge on any atom is -0.352 e. The van der Waals surface area contributed by atoms with E-state index in [4.69, 9.17) is 0 Å². The number of carbonyl (C=O) groups excluding carboxylic acids is 2. The Morgan fingerprint density at radius 3 is 2.44 bits per heavy atom. The van der Waals surface area contributed by atoms with E-state index in [1.54, 1.807) is 11.0 Å². The van der Waals surface area contributed by atoms with Crippen molar-refractivity contribution in [3.8, 4) is 0 Å². The number of hydrogen-bond donors (Lipinski definition) is 1. The molecule has 144 valence electrons. The molecule has 6 nitrogen and oxygen atoms in total. The zero-order chi connectivity index (χ0) is 19.6. The molecule has 1 N–H and O–H groups in total. The lowest BCUT2D eigenvalue weighted by molar-refractivity contribution is 0.0752. The summed E-state index contributed by atoms with van der Waals surface area (Å²) < 4.78 is 0. The summed E-state index contributed by atoms with van der Waals surface area (Å²) in [6.07, 6.45) is 3.87. The summed E-state index contributed by atoms with van der Waals surface area (Å²) in [4.78, 5) is 33.0. The average Bonchev–Trinajstić information content (AvgIpc) is 2.69. The lowest BCUT2D eigenvalue weighted by Crippen LogP contribution is -2.31. The van der Waals surface area contributed by atoms with Gasteiger partial charge in [-0.1, -0.05) is 30.3 Å². The number of pyridine rings is 1. The van der Waals surface area contributed by atoms with E-state index in [2.05, 4.69) is 15.2 Å². The first-order valence-corrected chi connectivity index (χ1v) is 9.22. The molecule has 2 aromatic rings.